The lowest BCUT2D eigenvalue weighted by molar-refractivity contribution is -0.142. The van der Waals surface area contributed by atoms with Gasteiger partial charge in [-0.15, -0.1) is 0 Å². The minimum Gasteiger partial charge on any atom is -0.504 e. The number of ether oxygens (including phenoxy) is 2. The van der Waals surface area contributed by atoms with Gasteiger partial charge in [0.25, 0.3) is 0 Å². The summed E-state index contributed by atoms with van der Waals surface area (Å²) in [4.78, 5) is 11.0. The Kier molecular flexibility index (Phi) is 4.17. The monoisotopic (exact) mass is 242 g/mol. The van der Waals surface area contributed by atoms with E-state index in [1.807, 2.05) is 0 Å². The topological polar surface area (TPSA) is 96.2 Å². The fraction of sp³-hybridized carbons (Fsp3) is 0.364. The molecule has 3 N–H and O–H groups in total. The summed E-state index contributed by atoms with van der Waals surface area (Å²) in [5.74, 6) is -1.40. The number of benzene rings is 1. The van der Waals surface area contributed by atoms with Crippen LogP contribution in [0.1, 0.15) is 18.1 Å². The Balaban J connectivity index is 2.98. The first-order chi connectivity index (χ1) is 7.99. The van der Waals surface area contributed by atoms with Gasteiger partial charge in [0.15, 0.2) is 11.5 Å². The second-order valence-corrected chi connectivity index (χ2v) is 3.39. The Hall–Kier alpha value is -1.95. The van der Waals surface area contributed by atoms with Gasteiger partial charge in [0.2, 0.25) is 5.75 Å². The van der Waals surface area contributed by atoms with Gasteiger partial charge in [0, 0.05) is 0 Å². The van der Waals surface area contributed by atoms with E-state index in [1.165, 1.54) is 20.3 Å². The highest BCUT2D eigenvalue weighted by atomic mass is 16.5. The zero-order chi connectivity index (χ0) is 13.0. The molecule has 0 amide bonds. The molecule has 0 aliphatic heterocycles. The standard InChI is InChI=1S/C11H14O6/c1-16-9-4-6(3-8(13)11(9)15)7(12)5-10(14)17-2/h3-4,7,12-13,15H,5H2,1-2H3/t7-/m0/s1. The van der Waals surface area contributed by atoms with Crippen LogP contribution >= 0.6 is 0 Å². The summed E-state index contributed by atoms with van der Waals surface area (Å²) >= 11 is 0. The lowest BCUT2D eigenvalue weighted by Gasteiger charge is -2.13. The van der Waals surface area contributed by atoms with Crippen molar-refractivity contribution in [3.8, 4) is 17.2 Å². The smallest absolute Gasteiger partial charge is 0.308 e. The van der Waals surface area contributed by atoms with Gasteiger partial charge in [-0.05, 0) is 17.7 Å². The molecule has 17 heavy (non-hydrogen) atoms. The maximum atomic E-state index is 11.0. The third-order valence-electron chi connectivity index (χ3n) is 2.27. The molecule has 0 radical (unpaired) electrons. The van der Waals surface area contributed by atoms with Gasteiger partial charge < -0.3 is 24.8 Å². The van der Waals surface area contributed by atoms with Crippen molar-refractivity contribution in [3.63, 3.8) is 0 Å². The highest BCUT2D eigenvalue weighted by Crippen LogP contribution is 2.38. The van der Waals surface area contributed by atoms with E-state index in [1.54, 1.807) is 0 Å². The Morgan fingerprint density at radius 1 is 1.35 bits per heavy atom. The van der Waals surface area contributed by atoms with E-state index in [2.05, 4.69) is 4.74 Å². The number of phenolic OH excluding ortho intramolecular Hbond substituents is 2. The van der Waals surface area contributed by atoms with E-state index in [0.717, 1.165) is 6.07 Å². The molecule has 1 aromatic rings. The van der Waals surface area contributed by atoms with Gasteiger partial charge in [-0.1, -0.05) is 0 Å². The second-order valence-electron chi connectivity index (χ2n) is 3.39. The molecule has 0 aliphatic rings. The second kappa shape index (κ2) is 5.40. The minimum atomic E-state index is -1.14. The molecule has 6 nitrogen and oxygen atoms in total. The van der Waals surface area contributed by atoms with E-state index in [9.17, 15) is 20.1 Å². The molecule has 0 fully saturated rings. The van der Waals surface area contributed by atoms with Gasteiger partial charge in [-0.3, -0.25) is 4.79 Å². The number of hydrogen-bond acceptors (Lipinski definition) is 6. The highest BCUT2D eigenvalue weighted by molar-refractivity contribution is 5.70. The van der Waals surface area contributed by atoms with Gasteiger partial charge in [0.05, 0.1) is 26.7 Å². The van der Waals surface area contributed by atoms with Crippen molar-refractivity contribution in [1.82, 2.24) is 0 Å². The van der Waals surface area contributed by atoms with Crippen LogP contribution in [0.25, 0.3) is 0 Å². The summed E-state index contributed by atoms with van der Waals surface area (Å²) < 4.78 is 9.22. The lowest BCUT2D eigenvalue weighted by Crippen LogP contribution is -2.08. The van der Waals surface area contributed by atoms with Crippen LogP contribution in [0, 0.1) is 0 Å². The first-order valence-corrected chi connectivity index (χ1v) is 4.84. The molecule has 6 heteroatoms. The molecule has 1 atom stereocenters. The third-order valence-corrected chi connectivity index (χ3v) is 2.27. The van der Waals surface area contributed by atoms with Gasteiger partial charge in [-0.2, -0.15) is 0 Å². The molecular formula is C11H14O6. The van der Waals surface area contributed by atoms with Gasteiger partial charge >= 0.3 is 5.97 Å². The minimum absolute atomic E-state index is 0.0175. The van der Waals surface area contributed by atoms with Crippen molar-refractivity contribution >= 4 is 5.97 Å². The fourth-order valence-corrected chi connectivity index (χ4v) is 1.32. The zero-order valence-electron chi connectivity index (χ0n) is 9.51. The molecule has 0 saturated carbocycles. The van der Waals surface area contributed by atoms with Crippen LogP contribution in [0.2, 0.25) is 0 Å². The summed E-state index contributed by atoms with van der Waals surface area (Å²) in [5.41, 5.74) is 0.252. The number of esters is 1. The third kappa shape index (κ3) is 3.01. The van der Waals surface area contributed by atoms with Crippen molar-refractivity contribution in [2.45, 2.75) is 12.5 Å². The van der Waals surface area contributed by atoms with Crippen molar-refractivity contribution < 1.29 is 29.6 Å². The first kappa shape index (κ1) is 13.1. The van der Waals surface area contributed by atoms with Crippen LogP contribution in [-0.2, 0) is 9.53 Å². The number of hydrogen-bond donors (Lipinski definition) is 3. The van der Waals surface area contributed by atoms with Crippen LogP contribution < -0.4 is 4.74 Å². The van der Waals surface area contributed by atoms with Crippen LogP contribution in [0.4, 0.5) is 0 Å². The SMILES string of the molecule is COC(=O)C[C@H](O)c1cc(O)c(O)c(OC)c1. The predicted octanol–water partition coefficient (Wildman–Crippen LogP) is 0.703. The Morgan fingerprint density at radius 3 is 2.53 bits per heavy atom. The van der Waals surface area contributed by atoms with E-state index < -0.39 is 23.6 Å². The molecule has 0 spiro atoms. The van der Waals surface area contributed by atoms with Crippen molar-refractivity contribution in [1.29, 1.82) is 0 Å². The number of carbonyl (C=O) groups is 1. The number of aliphatic hydroxyl groups excluding tert-OH is 1. The summed E-state index contributed by atoms with van der Waals surface area (Å²) in [6.07, 6.45) is -1.38. The molecule has 1 aromatic carbocycles. The van der Waals surface area contributed by atoms with E-state index in [0.29, 0.717) is 0 Å². The molecule has 0 heterocycles. The largest absolute Gasteiger partial charge is 0.504 e. The van der Waals surface area contributed by atoms with E-state index in [4.69, 9.17) is 4.74 Å². The maximum absolute atomic E-state index is 11.0. The Morgan fingerprint density at radius 2 is 2.00 bits per heavy atom. The first-order valence-electron chi connectivity index (χ1n) is 4.84. The van der Waals surface area contributed by atoms with Gasteiger partial charge in [0.1, 0.15) is 0 Å². The molecule has 0 unspecified atom stereocenters. The maximum Gasteiger partial charge on any atom is 0.308 e. The number of rotatable bonds is 4. The Labute approximate surface area is 98.0 Å². The predicted molar refractivity (Wildman–Crippen MR) is 57.9 cm³/mol. The molecule has 94 valence electrons. The van der Waals surface area contributed by atoms with Crippen LogP contribution in [0.15, 0.2) is 12.1 Å². The van der Waals surface area contributed by atoms with Gasteiger partial charge in [-0.25, -0.2) is 0 Å². The van der Waals surface area contributed by atoms with Crippen molar-refractivity contribution in [2.24, 2.45) is 0 Å². The molecule has 0 aliphatic carbocycles. The Bertz CT molecular complexity index is 415. The summed E-state index contributed by atoms with van der Waals surface area (Å²) in [7, 11) is 2.52. The average molecular weight is 242 g/mol. The molecule has 0 aromatic heterocycles. The summed E-state index contributed by atoms with van der Waals surface area (Å²) in [5, 5.41) is 28.5. The quantitative estimate of drug-likeness (QED) is 0.531. The number of carbonyl (C=O) groups excluding carboxylic acids is 1. The van der Waals surface area contributed by atoms with Crippen LogP contribution in [0.3, 0.4) is 0 Å². The highest BCUT2D eigenvalue weighted by Gasteiger charge is 2.17. The molecule has 0 saturated heterocycles. The number of aromatic hydroxyl groups is 2. The summed E-state index contributed by atoms with van der Waals surface area (Å²) in [6, 6.07) is 2.49. The molecule has 0 bridgehead atoms. The van der Waals surface area contributed by atoms with Crippen LogP contribution in [0.5, 0.6) is 17.2 Å². The lowest BCUT2D eigenvalue weighted by atomic mass is 10.1. The fourth-order valence-electron chi connectivity index (χ4n) is 1.32. The number of methoxy groups -OCH3 is 2. The molecule has 1 rings (SSSR count). The van der Waals surface area contributed by atoms with E-state index in [-0.39, 0.29) is 17.7 Å². The van der Waals surface area contributed by atoms with Crippen molar-refractivity contribution in [3.05, 3.63) is 17.7 Å². The number of phenols is 2. The molecular weight excluding hydrogens is 228 g/mol. The van der Waals surface area contributed by atoms with Crippen molar-refractivity contribution in [2.75, 3.05) is 14.2 Å². The van der Waals surface area contributed by atoms with E-state index >= 15 is 0 Å². The zero-order valence-corrected chi connectivity index (χ0v) is 9.51. The van der Waals surface area contributed by atoms with Crippen LogP contribution in [-0.4, -0.2) is 35.5 Å². The summed E-state index contributed by atoms with van der Waals surface area (Å²) in [6.45, 7) is 0. The number of aliphatic hydroxyl groups is 1. The normalized spacial score (nSPS) is 11.9. The average Bonchev–Trinajstić information content (AvgIpc) is 2.32.